The Morgan fingerprint density at radius 2 is 1.62 bits per heavy atom. The quantitative estimate of drug-likeness (QED) is 0.514. The van der Waals surface area contributed by atoms with Crippen LogP contribution in [0.15, 0.2) is 53.9 Å². The van der Waals surface area contributed by atoms with Crippen LogP contribution in [-0.2, 0) is 14.3 Å². The molecule has 2 aromatic carbocycles. The van der Waals surface area contributed by atoms with Gasteiger partial charge in [-0.1, -0.05) is 48.0 Å². The van der Waals surface area contributed by atoms with Gasteiger partial charge in [-0.05, 0) is 55.8 Å². The van der Waals surface area contributed by atoms with Crippen LogP contribution in [-0.4, -0.2) is 30.4 Å². The number of rotatable bonds is 7. The minimum absolute atomic E-state index is 0.220. The summed E-state index contributed by atoms with van der Waals surface area (Å²) in [6.07, 6.45) is -1.04. The second-order valence-electron chi connectivity index (χ2n) is 7.61. The SMILES string of the molecule is Cc1ccc(-c2ccsc2C(=O)OC(C)C(=O)NCC(=O)Nc2c(C)cccc2C)cc1. The normalized spacial score (nSPS) is 11.5. The maximum Gasteiger partial charge on any atom is 0.349 e. The predicted molar refractivity (Wildman–Crippen MR) is 127 cm³/mol. The van der Waals surface area contributed by atoms with Gasteiger partial charge in [0.25, 0.3) is 5.91 Å². The summed E-state index contributed by atoms with van der Waals surface area (Å²) in [5, 5.41) is 7.14. The molecule has 1 atom stereocenters. The molecule has 0 bridgehead atoms. The van der Waals surface area contributed by atoms with Crippen LogP contribution in [0.5, 0.6) is 0 Å². The number of hydrogen-bond acceptors (Lipinski definition) is 5. The summed E-state index contributed by atoms with van der Waals surface area (Å²) in [6, 6.07) is 15.4. The Morgan fingerprint density at radius 1 is 0.969 bits per heavy atom. The molecule has 3 aromatic rings. The highest BCUT2D eigenvalue weighted by Gasteiger charge is 2.23. The Hall–Kier alpha value is -3.45. The molecule has 7 heteroatoms. The summed E-state index contributed by atoms with van der Waals surface area (Å²) in [7, 11) is 0. The second-order valence-corrected chi connectivity index (χ2v) is 8.53. The van der Waals surface area contributed by atoms with Crippen LogP contribution in [0.4, 0.5) is 5.69 Å². The lowest BCUT2D eigenvalue weighted by atomic mass is 10.1. The number of aryl methyl sites for hydroxylation is 3. The third-order valence-corrected chi connectivity index (χ3v) is 5.93. The predicted octanol–water partition coefficient (Wildman–Crippen LogP) is 4.64. The van der Waals surface area contributed by atoms with Gasteiger partial charge in [-0.15, -0.1) is 11.3 Å². The fourth-order valence-corrected chi connectivity index (χ4v) is 4.00. The van der Waals surface area contributed by atoms with Gasteiger partial charge in [0, 0.05) is 11.3 Å². The minimum Gasteiger partial charge on any atom is -0.448 e. The highest BCUT2D eigenvalue weighted by Crippen LogP contribution is 2.29. The Kier molecular flexibility index (Phi) is 7.43. The Morgan fingerprint density at radius 3 is 2.28 bits per heavy atom. The number of carbonyl (C=O) groups is 3. The number of nitrogens with one attached hydrogen (secondary N) is 2. The Labute approximate surface area is 191 Å². The molecule has 3 rings (SSSR count). The highest BCUT2D eigenvalue weighted by atomic mass is 32.1. The number of anilines is 1. The third kappa shape index (κ3) is 5.62. The zero-order valence-corrected chi connectivity index (χ0v) is 19.3. The largest absolute Gasteiger partial charge is 0.448 e. The van der Waals surface area contributed by atoms with Gasteiger partial charge >= 0.3 is 5.97 Å². The van der Waals surface area contributed by atoms with Crippen molar-refractivity contribution in [3.63, 3.8) is 0 Å². The van der Waals surface area contributed by atoms with Crippen molar-refractivity contribution < 1.29 is 19.1 Å². The van der Waals surface area contributed by atoms with Crippen molar-refractivity contribution in [2.75, 3.05) is 11.9 Å². The number of hydrogen-bond donors (Lipinski definition) is 2. The lowest BCUT2D eigenvalue weighted by Crippen LogP contribution is -2.40. The molecule has 2 N–H and O–H groups in total. The zero-order chi connectivity index (χ0) is 23.3. The zero-order valence-electron chi connectivity index (χ0n) is 18.5. The van der Waals surface area contributed by atoms with Gasteiger partial charge in [0.15, 0.2) is 6.10 Å². The van der Waals surface area contributed by atoms with E-state index < -0.39 is 18.0 Å². The van der Waals surface area contributed by atoms with Gasteiger partial charge in [-0.25, -0.2) is 4.79 Å². The molecule has 0 aliphatic rings. The van der Waals surface area contributed by atoms with E-state index in [-0.39, 0.29) is 12.5 Å². The number of thiophene rings is 1. The van der Waals surface area contributed by atoms with E-state index in [1.54, 1.807) is 0 Å². The van der Waals surface area contributed by atoms with Crippen molar-refractivity contribution in [2.45, 2.75) is 33.8 Å². The van der Waals surface area contributed by atoms with E-state index in [1.165, 1.54) is 18.3 Å². The van der Waals surface area contributed by atoms with E-state index in [9.17, 15) is 14.4 Å². The average molecular weight is 451 g/mol. The lowest BCUT2D eigenvalue weighted by Gasteiger charge is -2.15. The molecule has 0 saturated carbocycles. The van der Waals surface area contributed by atoms with Gasteiger partial charge < -0.3 is 15.4 Å². The number of para-hydroxylation sites is 1. The van der Waals surface area contributed by atoms with Crippen LogP contribution in [0, 0.1) is 20.8 Å². The molecule has 0 aliphatic carbocycles. The van der Waals surface area contributed by atoms with E-state index >= 15 is 0 Å². The molecule has 1 unspecified atom stereocenters. The van der Waals surface area contributed by atoms with E-state index in [1.807, 2.05) is 74.7 Å². The first-order chi connectivity index (χ1) is 15.3. The van der Waals surface area contributed by atoms with Gasteiger partial charge in [0.1, 0.15) is 4.88 Å². The van der Waals surface area contributed by atoms with Crippen LogP contribution in [0.2, 0.25) is 0 Å². The smallest absolute Gasteiger partial charge is 0.349 e. The number of benzene rings is 2. The van der Waals surface area contributed by atoms with Crippen LogP contribution in [0.1, 0.15) is 33.3 Å². The molecular formula is C25H26N2O4S. The fourth-order valence-electron chi connectivity index (χ4n) is 3.20. The summed E-state index contributed by atoms with van der Waals surface area (Å²) in [4.78, 5) is 37.7. The summed E-state index contributed by atoms with van der Waals surface area (Å²) in [6.45, 7) is 7.06. The van der Waals surface area contributed by atoms with Crippen LogP contribution in [0.3, 0.4) is 0 Å². The van der Waals surface area contributed by atoms with Crippen molar-refractivity contribution in [3.8, 4) is 11.1 Å². The van der Waals surface area contributed by atoms with Crippen molar-refractivity contribution in [1.29, 1.82) is 0 Å². The van der Waals surface area contributed by atoms with Crippen LogP contribution >= 0.6 is 11.3 Å². The van der Waals surface area contributed by atoms with E-state index in [0.717, 1.165) is 33.5 Å². The molecule has 6 nitrogen and oxygen atoms in total. The van der Waals surface area contributed by atoms with Gasteiger partial charge in [0.2, 0.25) is 5.91 Å². The van der Waals surface area contributed by atoms with Gasteiger partial charge in [-0.2, -0.15) is 0 Å². The molecule has 0 aliphatic heterocycles. The number of amides is 2. The molecule has 0 spiro atoms. The first-order valence-corrected chi connectivity index (χ1v) is 11.1. The van der Waals surface area contributed by atoms with Crippen LogP contribution < -0.4 is 10.6 Å². The average Bonchev–Trinajstić information content (AvgIpc) is 3.25. The fraction of sp³-hybridized carbons (Fsp3) is 0.240. The topological polar surface area (TPSA) is 84.5 Å². The Bertz CT molecular complexity index is 1110. The number of esters is 1. The van der Waals surface area contributed by atoms with E-state index in [4.69, 9.17) is 4.74 Å². The third-order valence-electron chi connectivity index (χ3n) is 5.03. The maximum absolute atomic E-state index is 12.7. The summed E-state index contributed by atoms with van der Waals surface area (Å²) >= 11 is 1.26. The monoisotopic (exact) mass is 450 g/mol. The molecule has 1 aromatic heterocycles. The first kappa shape index (κ1) is 23.2. The first-order valence-electron chi connectivity index (χ1n) is 10.3. The number of ether oxygens (including phenoxy) is 1. The van der Waals surface area contributed by atoms with Crippen molar-refractivity contribution >= 4 is 34.8 Å². The summed E-state index contributed by atoms with van der Waals surface area (Å²) in [5.41, 5.74) is 5.40. The van der Waals surface area contributed by atoms with Gasteiger partial charge in [0.05, 0.1) is 6.54 Å². The molecule has 0 radical (unpaired) electrons. The summed E-state index contributed by atoms with van der Waals surface area (Å²) < 4.78 is 5.36. The van der Waals surface area contributed by atoms with Gasteiger partial charge in [-0.3, -0.25) is 9.59 Å². The highest BCUT2D eigenvalue weighted by molar-refractivity contribution is 7.12. The van der Waals surface area contributed by atoms with Crippen molar-refractivity contribution in [3.05, 3.63) is 75.5 Å². The van der Waals surface area contributed by atoms with Crippen molar-refractivity contribution in [1.82, 2.24) is 5.32 Å². The summed E-state index contributed by atoms with van der Waals surface area (Å²) in [5.74, 6) is -1.46. The van der Waals surface area contributed by atoms with Crippen LogP contribution in [0.25, 0.3) is 11.1 Å². The number of carbonyl (C=O) groups excluding carboxylic acids is 3. The molecule has 32 heavy (non-hydrogen) atoms. The van der Waals surface area contributed by atoms with Crippen molar-refractivity contribution in [2.24, 2.45) is 0 Å². The molecule has 0 saturated heterocycles. The van der Waals surface area contributed by atoms with E-state index in [2.05, 4.69) is 10.6 Å². The molecular weight excluding hydrogens is 424 g/mol. The molecule has 0 fully saturated rings. The maximum atomic E-state index is 12.7. The molecule has 2 amide bonds. The van der Waals surface area contributed by atoms with E-state index in [0.29, 0.717) is 4.88 Å². The Balaban J connectivity index is 1.56. The second kappa shape index (κ2) is 10.2. The molecule has 166 valence electrons. The minimum atomic E-state index is -1.04. The molecule has 1 heterocycles. The standard InChI is InChI=1S/C25H26N2O4S/c1-15-8-10-19(11-9-15)20-12-13-32-23(20)25(30)31-18(4)24(29)26-14-21(28)27-22-16(2)6-5-7-17(22)3/h5-13,18H,14H2,1-4H3,(H,26,29)(H,27,28). The lowest BCUT2D eigenvalue weighted by molar-refractivity contribution is -0.130.